The second kappa shape index (κ2) is 4.28. The average Bonchev–Trinajstić information content (AvgIpc) is 2.07. The predicted molar refractivity (Wildman–Crippen MR) is 52.0 cm³/mol. The lowest BCUT2D eigenvalue weighted by Gasteiger charge is -2.12. The molecule has 0 unspecified atom stereocenters. The number of carboxylic acids is 1. The zero-order valence-electron chi connectivity index (χ0n) is 7.82. The summed E-state index contributed by atoms with van der Waals surface area (Å²) in [5.41, 5.74) is -0.0220. The number of aromatic carboxylic acids is 1. The molecular formula is C9H10ClNO3. The van der Waals surface area contributed by atoms with Gasteiger partial charge in [0.2, 0.25) is 0 Å². The number of carbonyl (C=O) groups is 1. The Morgan fingerprint density at radius 3 is 2.71 bits per heavy atom. The van der Waals surface area contributed by atoms with Crippen LogP contribution in [0.15, 0.2) is 12.4 Å². The predicted octanol–water partition coefficient (Wildman–Crippen LogP) is 2.22. The number of halogens is 1. The van der Waals surface area contributed by atoms with E-state index in [2.05, 4.69) is 4.98 Å². The Balaban J connectivity index is 3.15. The van der Waals surface area contributed by atoms with Crippen LogP contribution in [0.1, 0.15) is 24.2 Å². The Bertz CT molecular complexity index is 352. The maximum atomic E-state index is 10.8. The van der Waals surface area contributed by atoms with Crippen LogP contribution in [-0.4, -0.2) is 22.2 Å². The molecule has 0 saturated heterocycles. The minimum atomic E-state index is -1.10. The molecule has 1 N–H and O–H groups in total. The van der Waals surface area contributed by atoms with E-state index >= 15 is 0 Å². The third-order valence-corrected chi connectivity index (χ3v) is 1.71. The van der Waals surface area contributed by atoms with E-state index in [-0.39, 0.29) is 22.4 Å². The zero-order valence-corrected chi connectivity index (χ0v) is 8.58. The van der Waals surface area contributed by atoms with Crippen molar-refractivity contribution in [2.24, 2.45) is 0 Å². The second-order valence-electron chi connectivity index (χ2n) is 2.97. The highest BCUT2D eigenvalue weighted by Crippen LogP contribution is 2.28. The molecule has 0 aliphatic heterocycles. The van der Waals surface area contributed by atoms with Crippen molar-refractivity contribution in [3.05, 3.63) is 23.0 Å². The van der Waals surface area contributed by atoms with Gasteiger partial charge in [0.25, 0.3) is 0 Å². The van der Waals surface area contributed by atoms with Crippen LogP contribution in [0.5, 0.6) is 5.75 Å². The molecule has 0 aliphatic carbocycles. The van der Waals surface area contributed by atoms with Gasteiger partial charge in [0, 0.05) is 12.4 Å². The molecule has 1 rings (SSSR count). The lowest BCUT2D eigenvalue weighted by molar-refractivity contribution is 0.0690. The van der Waals surface area contributed by atoms with Crippen LogP contribution in [0.4, 0.5) is 0 Å². The van der Waals surface area contributed by atoms with E-state index in [9.17, 15) is 4.79 Å². The number of hydrogen-bond acceptors (Lipinski definition) is 3. The minimum absolute atomic E-state index is 0.0220. The normalized spacial score (nSPS) is 10.3. The molecule has 0 amide bonds. The number of carboxylic acid groups (broad SMARTS) is 1. The molecule has 1 aromatic heterocycles. The fraction of sp³-hybridized carbons (Fsp3) is 0.333. The van der Waals surface area contributed by atoms with Crippen LogP contribution in [0.25, 0.3) is 0 Å². The summed E-state index contributed by atoms with van der Waals surface area (Å²) in [6.45, 7) is 3.59. The molecule has 5 heteroatoms. The van der Waals surface area contributed by atoms with Gasteiger partial charge in [0.15, 0.2) is 5.75 Å². The van der Waals surface area contributed by atoms with Gasteiger partial charge < -0.3 is 9.84 Å². The Kier molecular flexibility index (Phi) is 3.30. The highest BCUT2D eigenvalue weighted by Gasteiger charge is 2.16. The van der Waals surface area contributed by atoms with Crippen molar-refractivity contribution in [2.75, 3.05) is 0 Å². The van der Waals surface area contributed by atoms with Crippen LogP contribution in [0.2, 0.25) is 5.02 Å². The Morgan fingerprint density at radius 1 is 1.57 bits per heavy atom. The minimum Gasteiger partial charge on any atom is -0.488 e. The molecule has 1 heterocycles. The number of rotatable bonds is 3. The van der Waals surface area contributed by atoms with Gasteiger partial charge in [-0.15, -0.1) is 0 Å². The van der Waals surface area contributed by atoms with Gasteiger partial charge in [0.1, 0.15) is 10.6 Å². The molecule has 0 aliphatic rings. The van der Waals surface area contributed by atoms with Crippen molar-refractivity contribution in [2.45, 2.75) is 20.0 Å². The fourth-order valence-electron chi connectivity index (χ4n) is 0.931. The topological polar surface area (TPSA) is 59.4 Å². The zero-order chi connectivity index (χ0) is 10.7. The van der Waals surface area contributed by atoms with Crippen molar-refractivity contribution < 1.29 is 14.6 Å². The lowest BCUT2D eigenvalue weighted by atomic mass is 10.2. The molecule has 0 saturated carbocycles. The number of hydrogen-bond donors (Lipinski definition) is 1. The third kappa shape index (κ3) is 2.35. The quantitative estimate of drug-likeness (QED) is 0.840. The standard InChI is InChI=1S/C9H10ClNO3/c1-5(2)14-8-6(9(12)13)3-11-4-7(8)10/h3-5H,1-2H3,(H,12,13). The molecule has 0 spiro atoms. The monoisotopic (exact) mass is 215 g/mol. The number of ether oxygens (including phenoxy) is 1. The highest BCUT2D eigenvalue weighted by molar-refractivity contribution is 6.32. The van der Waals surface area contributed by atoms with Crippen LogP contribution in [0, 0.1) is 0 Å². The summed E-state index contributed by atoms with van der Waals surface area (Å²) < 4.78 is 5.28. The van der Waals surface area contributed by atoms with Crippen molar-refractivity contribution in [3.8, 4) is 5.75 Å². The first-order valence-electron chi connectivity index (χ1n) is 4.05. The van der Waals surface area contributed by atoms with Gasteiger partial charge in [-0.25, -0.2) is 4.79 Å². The largest absolute Gasteiger partial charge is 0.488 e. The SMILES string of the molecule is CC(C)Oc1c(Cl)cncc1C(=O)O. The fourth-order valence-corrected chi connectivity index (χ4v) is 1.13. The smallest absolute Gasteiger partial charge is 0.341 e. The van der Waals surface area contributed by atoms with Crippen molar-refractivity contribution in [3.63, 3.8) is 0 Å². The molecule has 0 fully saturated rings. The number of nitrogens with zero attached hydrogens (tertiary/aromatic N) is 1. The van der Waals surface area contributed by atoms with Gasteiger partial charge in [-0.05, 0) is 13.8 Å². The molecular weight excluding hydrogens is 206 g/mol. The van der Waals surface area contributed by atoms with Crippen molar-refractivity contribution in [1.29, 1.82) is 0 Å². The molecule has 0 bridgehead atoms. The Labute approximate surface area is 86.5 Å². The number of aromatic nitrogens is 1. The van der Waals surface area contributed by atoms with Crippen LogP contribution >= 0.6 is 11.6 Å². The average molecular weight is 216 g/mol. The van der Waals surface area contributed by atoms with Gasteiger partial charge in [0.05, 0.1) is 6.10 Å². The first-order chi connectivity index (χ1) is 6.52. The van der Waals surface area contributed by atoms with E-state index in [0.717, 1.165) is 0 Å². The van der Waals surface area contributed by atoms with Crippen LogP contribution < -0.4 is 4.74 Å². The molecule has 0 aromatic carbocycles. The van der Waals surface area contributed by atoms with E-state index in [0.29, 0.717) is 0 Å². The van der Waals surface area contributed by atoms with Crippen LogP contribution in [-0.2, 0) is 0 Å². The first-order valence-corrected chi connectivity index (χ1v) is 4.43. The summed E-state index contributed by atoms with van der Waals surface area (Å²) in [6, 6.07) is 0. The van der Waals surface area contributed by atoms with Crippen LogP contribution in [0.3, 0.4) is 0 Å². The first kappa shape index (κ1) is 10.8. The summed E-state index contributed by atoms with van der Waals surface area (Å²) in [6.07, 6.45) is 2.44. The van der Waals surface area contributed by atoms with E-state index in [1.165, 1.54) is 12.4 Å². The van der Waals surface area contributed by atoms with Gasteiger partial charge >= 0.3 is 5.97 Å². The van der Waals surface area contributed by atoms with E-state index in [4.69, 9.17) is 21.4 Å². The summed E-state index contributed by atoms with van der Waals surface area (Å²) in [5.74, 6) is -0.931. The van der Waals surface area contributed by atoms with E-state index in [1.807, 2.05) is 0 Å². The van der Waals surface area contributed by atoms with E-state index < -0.39 is 5.97 Å². The summed E-state index contributed by atoms with van der Waals surface area (Å²) in [4.78, 5) is 14.5. The van der Waals surface area contributed by atoms with Crippen molar-refractivity contribution >= 4 is 17.6 Å². The summed E-state index contributed by atoms with van der Waals surface area (Å²) in [5, 5.41) is 9.03. The molecule has 4 nitrogen and oxygen atoms in total. The van der Waals surface area contributed by atoms with Gasteiger partial charge in [-0.2, -0.15) is 0 Å². The molecule has 1 aromatic rings. The van der Waals surface area contributed by atoms with Gasteiger partial charge in [-0.3, -0.25) is 4.98 Å². The molecule has 14 heavy (non-hydrogen) atoms. The molecule has 76 valence electrons. The van der Waals surface area contributed by atoms with Crippen molar-refractivity contribution in [1.82, 2.24) is 4.98 Å². The third-order valence-electron chi connectivity index (χ3n) is 1.44. The number of pyridine rings is 1. The Morgan fingerprint density at radius 2 is 2.21 bits per heavy atom. The van der Waals surface area contributed by atoms with Gasteiger partial charge in [-0.1, -0.05) is 11.6 Å². The second-order valence-corrected chi connectivity index (χ2v) is 3.38. The maximum absolute atomic E-state index is 10.8. The highest BCUT2D eigenvalue weighted by atomic mass is 35.5. The Hall–Kier alpha value is -1.29. The molecule has 0 atom stereocenters. The summed E-state index contributed by atoms with van der Waals surface area (Å²) in [7, 11) is 0. The lowest BCUT2D eigenvalue weighted by Crippen LogP contribution is -2.10. The van der Waals surface area contributed by atoms with E-state index in [1.54, 1.807) is 13.8 Å². The summed E-state index contributed by atoms with van der Waals surface area (Å²) >= 11 is 5.77. The maximum Gasteiger partial charge on any atom is 0.341 e. The molecule has 0 radical (unpaired) electrons.